The third-order valence-corrected chi connectivity index (χ3v) is 4.63. The summed E-state index contributed by atoms with van der Waals surface area (Å²) in [4.78, 5) is 11.0. The smallest absolute Gasteiger partial charge is 0.304 e. The minimum atomic E-state index is -0.768. The van der Waals surface area contributed by atoms with Crippen molar-refractivity contribution in [2.24, 2.45) is 0 Å². The third-order valence-electron chi connectivity index (χ3n) is 3.77. The predicted molar refractivity (Wildman–Crippen MR) is 73.6 cm³/mol. The summed E-state index contributed by atoms with van der Waals surface area (Å²) in [7, 11) is 1.59. The average Bonchev–Trinajstić information content (AvgIpc) is 2.95. The Bertz CT molecular complexity index is 655. The lowest BCUT2D eigenvalue weighted by atomic mass is 9.91. The summed E-state index contributed by atoms with van der Waals surface area (Å²) < 4.78 is 11.7. The van der Waals surface area contributed by atoms with E-state index >= 15 is 0 Å². The molecule has 0 atom stereocenters. The Balaban J connectivity index is 2.18. The second-order valence-corrected chi connectivity index (χ2v) is 5.75. The maximum Gasteiger partial charge on any atom is 0.304 e. The quantitative estimate of drug-likeness (QED) is 0.931. The van der Waals surface area contributed by atoms with E-state index in [1.807, 2.05) is 12.1 Å². The molecule has 1 heterocycles. The van der Waals surface area contributed by atoms with Crippen LogP contribution in [0.3, 0.4) is 0 Å². The van der Waals surface area contributed by atoms with E-state index in [0.717, 1.165) is 28.3 Å². The molecule has 1 N–H and O–H groups in total. The number of carboxylic acids is 1. The molecule has 0 amide bonds. The monoisotopic (exact) mass is 324 g/mol. The van der Waals surface area contributed by atoms with Crippen LogP contribution >= 0.6 is 15.9 Å². The molecule has 0 bridgehead atoms. The summed E-state index contributed by atoms with van der Waals surface area (Å²) in [6, 6.07) is 3.76. The first-order chi connectivity index (χ1) is 9.07. The molecular formula is C14H13BrO4. The van der Waals surface area contributed by atoms with Crippen LogP contribution < -0.4 is 4.74 Å². The van der Waals surface area contributed by atoms with Gasteiger partial charge in [-0.25, -0.2) is 0 Å². The van der Waals surface area contributed by atoms with Crippen LogP contribution in [0.15, 0.2) is 27.3 Å². The standard InChI is InChI=1S/C14H13BrO4/c1-18-10-6-9(14(3-4-14)7-11(16)17)12(15)8-2-5-19-13(8)10/h2,5-6H,3-4,7H2,1H3,(H,16,17). The van der Waals surface area contributed by atoms with Gasteiger partial charge in [-0.05, 0) is 46.5 Å². The van der Waals surface area contributed by atoms with Gasteiger partial charge in [0.2, 0.25) is 0 Å². The number of hydrogen-bond acceptors (Lipinski definition) is 3. The Labute approximate surface area is 118 Å². The number of hydrogen-bond donors (Lipinski definition) is 1. The van der Waals surface area contributed by atoms with Gasteiger partial charge >= 0.3 is 5.97 Å². The molecular weight excluding hydrogens is 312 g/mol. The number of furan rings is 1. The van der Waals surface area contributed by atoms with Crippen molar-refractivity contribution in [1.29, 1.82) is 0 Å². The van der Waals surface area contributed by atoms with Crippen LogP contribution in [0.1, 0.15) is 24.8 Å². The van der Waals surface area contributed by atoms with E-state index in [1.165, 1.54) is 0 Å². The topological polar surface area (TPSA) is 59.7 Å². The summed E-state index contributed by atoms with van der Waals surface area (Å²) in [5.41, 5.74) is 1.42. The summed E-state index contributed by atoms with van der Waals surface area (Å²) >= 11 is 3.58. The van der Waals surface area contributed by atoms with Crippen LogP contribution in [-0.4, -0.2) is 18.2 Å². The third kappa shape index (κ3) is 1.92. The van der Waals surface area contributed by atoms with Crippen molar-refractivity contribution in [3.63, 3.8) is 0 Å². The molecule has 5 heteroatoms. The molecule has 0 unspecified atom stereocenters. The summed E-state index contributed by atoms with van der Waals surface area (Å²) in [5.74, 6) is -0.120. The summed E-state index contributed by atoms with van der Waals surface area (Å²) in [5, 5.41) is 10.00. The van der Waals surface area contributed by atoms with Crippen molar-refractivity contribution in [3.8, 4) is 5.75 Å². The lowest BCUT2D eigenvalue weighted by Gasteiger charge is -2.17. The normalized spacial score (nSPS) is 16.5. The molecule has 0 aliphatic heterocycles. The SMILES string of the molecule is COc1cc(C2(CC(=O)O)CC2)c(Br)c2ccoc12. The lowest BCUT2D eigenvalue weighted by molar-refractivity contribution is -0.137. The van der Waals surface area contributed by atoms with E-state index in [0.29, 0.717) is 11.3 Å². The van der Waals surface area contributed by atoms with E-state index in [2.05, 4.69) is 15.9 Å². The highest BCUT2D eigenvalue weighted by Crippen LogP contribution is 2.55. The molecule has 1 saturated carbocycles. The van der Waals surface area contributed by atoms with Gasteiger partial charge in [0, 0.05) is 15.3 Å². The van der Waals surface area contributed by atoms with E-state index in [1.54, 1.807) is 13.4 Å². The number of methoxy groups -OCH3 is 1. The zero-order valence-electron chi connectivity index (χ0n) is 10.4. The molecule has 1 aromatic heterocycles. The van der Waals surface area contributed by atoms with Crippen LogP contribution in [0.5, 0.6) is 5.75 Å². The number of aliphatic carboxylic acids is 1. The molecule has 0 radical (unpaired) electrons. The van der Waals surface area contributed by atoms with E-state index in [-0.39, 0.29) is 11.8 Å². The van der Waals surface area contributed by atoms with Gasteiger partial charge in [0.1, 0.15) is 0 Å². The number of fused-ring (bicyclic) bond motifs is 1. The predicted octanol–water partition coefficient (Wildman–Crippen LogP) is 3.71. The van der Waals surface area contributed by atoms with Gasteiger partial charge < -0.3 is 14.3 Å². The van der Waals surface area contributed by atoms with Crippen LogP contribution in [0, 0.1) is 0 Å². The maximum atomic E-state index is 11.0. The first-order valence-corrected chi connectivity index (χ1v) is 6.83. The highest BCUT2D eigenvalue weighted by atomic mass is 79.9. The van der Waals surface area contributed by atoms with Crippen LogP contribution in [-0.2, 0) is 10.2 Å². The van der Waals surface area contributed by atoms with Gasteiger partial charge in [0.15, 0.2) is 11.3 Å². The molecule has 0 saturated heterocycles. The average molecular weight is 325 g/mol. The number of carboxylic acid groups (broad SMARTS) is 1. The lowest BCUT2D eigenvalue weighted by Crippen LogP contribution is -2.13. The van der Waals surface area contributed by atoms with Gasteiger partial charge in [-0.3, -0.25) is 4.79 Å². The molecule has 1 aromatic carbocycles. The van der Waals surface area contributed by atoms with Gasteiger partial charge in [-0.15, -0.1) is 0 Å². The molecule has 1 aliphatic carbocycles. The highest BCUT2D eigenvalue weighted by molar-refractivity contribution is 9.10. The Morgan fingerprint density at radius 2 is 2.32 bits per heavy atom. The van der Waals surface area contributed by atoms with Crippen molar-refractivity contribution >= 4 is 32.9 Å². The number of ether oxygens (including phenoxy) is 1. The minimum absolute atomic E-state index is 0.151. The Hall–Kier alpha value is -1.49. The van der Waals surface area contributed by atoms with Crippen LogP contribution in [0.4, 0.5) is 0 Å². The molecule has 2 aromatic rings. The Morgan fingerprint density at radius 1 is 1.58 bits per heavy atom. The first kappa shape index (κ1) is 12.5. The van der Waals surface area contributed by atoms with Crippen molar-refractivity contribution in [1.82, 2.24) is 0 Å². The minimum Gasteiger partial charge on any atom is -0.493 e. The second kappa shape index (κ2) is 4.27. The molecule has 3 rings (SSSR count). The van der Waals surface area contributed by atoms with Crippen molar-refractivity contribution in [2.45, 2.75) is 24.7 Å². The number of rotatable bonds is 4. The zero-order chi connectivity index (χ0) is 13.6. The maximum absolute atomic E-state index is 11.0. The Morgan fingerprint density at radius 3 is 2.89 bits per heavy atom. The molecule has 4 nitrogen and oxygen atoms in total. The van der Waals surface area contributed by atoms with E-state index < -0.39 is 5.97 Å². The second-order valence-electron chi connectivity index (χ2n) is 4.95. The summed E-state index contributed by atoms with van der Waals surface area (Å²) in [6.07, 6.45) is 3.55. The largest absolute Gasteiger partial charge is 0.493 e. The van der Waals surface area contributed by atoms with Crippen molar-refractivity contribution in [3.05, 3.63) is 28.4 Å². The van der Waals surface area contributed by atoms with Gasteiger partial charge in [0.05, 0.1) is 19.8 Å². The fourth-order valence-corrected chi connectivity index (χ4v) is 3.44. The highest BCUT2D eigenvalue weighted by Gasteiger charge is 2.47. The fraction of sp³-hybridized carbons (Fsp3) is 0.357. The van der Waals surface area contributed by atoms with E-state index in [4.69, 9.17) is 14.3 Å². The van der Waals surface area contributed by atoms with E-state index in [9.17, 15) is 4.79 Å². The number of halogens is 1. The Kier molecular flexibility index (Phi) is 2.82. The van der Waals surface area contributed by atoms with Gasteiger partial charge in [-0.1, -0.05) is 0 Å². The molecule has 0 spiro atoms. The van der Waals surface area contributed by atoms with Gasteiger partial charge in [-0.2, -0.15) is 0 Å². The molecule has 1 aliphatic rings. The van der Waals surface area contributed by atoms with Crippen molar-refractivity contribution < 1.29 is 19.1 Å². The molecule has 100 valence electrons. The number of carbonyl (C=O) groups is 1. The van der Waals surface area contributed by atoms with Crippen LogP contribution in [0.2, 0.25) is 0 Å². The van der Waals surface area contributed by atoms with Crippen molar-refractivity contribution in [2.75, 3.05) is 7.11 Å². The van der Waals surface area contributed by atoms with Crippen LogP contribution in [0.25, 0.3) is 11.0 Å². The summed E-state index contributed by atoms with van der Waals surface area (Å²) in [6.45, 7) is 0. The number of benzene rings is 1. The molecule has 19 heavy (non-hydrogen) atoms. The first-order valence-electron chi connectivity index (χ1n) is 6.03. The zero-order valence-corrected chi connectivity index (χ0v) is 12.0. The molecule has 1 fully saturated rings. The van der Waals surface area contributed by atoms with Gasteiger partial charge in [0.25, 0.3) is 0 Å². The fourth-order valence-electron chi connectivity index (χ4n) is 2.60.